The topological polar surface area (TPSA) is 105 Å². The van der Waals surface area contributed by atoms with E-state index in [1.807, 2.05) is 6.92 Å². The van der Waals surface area contributed by atoms with Gasteiger partial charge < -0.3 is 15.4 Å². The molecule has 4 rings (SSSR count). The Bertz CT molecular complexity index is 1280. The summed E-state index contributed by atoms with van der Waals surface area (Å²) in [4.78, 5) is 27.1. The van der Waals surface area contributed by atoms with Crippen LogP contribution in [0.1, 0.15) is 85.0 Å². The number of esters is 1. The average Bonchev–Trinajstić information content (AvgIpc) is 3.15. The highest BCUT2D eigenvalue weighted by Gasteiger charge is 2.42. The maximum Gasteiger partial charge on any atom is 0.341 e. The van der Waals surface area contributed by atoms with Crippen molar-refractivity contribution in [2.24, 2.45) is 0 Å². The van der Waals surface area contributed by atoms with Gasteiger partial charge in [0.15, 0.2) is 0 Å². The van der Waals surface area contributed by atoms with Crippen molar-refractivity contribution in [1.82, 2.24) is 9.62 Å². The van der Waals surface area contributed by atoms with Gasteiger partial charge >= 0.3 is 5.97 Å². The second-order valence-electron chi connectivity index (χ2n) is 10.9. The molecule has 0 aliphatic carbocycles. The van der Waals surface area contributed by atoms with E-state index >= 15 is 0 Å². The monoisotopic (exact) mass is 533 g/mol. The number of piperidine rings is 1. The summed E-state index contributed by atoms with van der Waals surface area (Å²) in [7, 11) is -2.29. The lowest BCUT2D eigenvalue weighted by Gasteiger charge is -2.42. The standard InChI is InChI=1S/C26H35N3O5S2/c1-16-9-7-8-14-29(16)36(32,33)18-12-10-17(11-13-18)22(30)27-23-20(24(31)34-6)19-15-25(2,3)28-26(4,5)21(19)35-23/h10-13,16,28H,7-9,14-15H2,1-6H3,(H,27,30)/t16-/m1/s1. The van der Waals surface area contributed by atoms with E-state index in [-0.39, 0.29) is 16.5 Å². The predicted octanol–water partition coefficient (Wildman–Crippen LogP) is 4.51. The van der Waals surface area contributed by atoms with Gasteiger partial charge in [-0.15, -0.1) is 11.3 Å². The number of anilines is 1. The minimum absolute atomic E-state index is 0.0444. The van der Waals surface area contributed by atoms with E-state index in [2.05, 4.69) is 38.3 Å². The van der Waals surface area contributed by atoms with Crippen LogP contribution in [0.3, 0.4) is 0 Å². The zero-order valence-corrected chi connectivity index (χ0v) is 23.4. The van der Waals surface area contributed by atoms with E-state index in [1.165, 1.54) is 42.7 Å². The molecule has 0 bridgehead atoms. The molecule has 0 radical (unpaired) electrons. The Labute approximate surface area is 217 Å². The summed E-state index contributed by atoms with van der Waals surface area (Å²) < 4.78 is 32.8. The Morgan fingerprint density at radius 2 is 1.81 bits per heavy atom. The Hall–Kier alpha value is -2.27. The maximum atomic E-state index is 13.2. The molecule has 196 valence electrons. The van der Waals surface area contributed by atoms with Crippen molar-refractivity contribution in [3.8, 4) is 0 Å². The number of hydrogen-bond donors (Lipinski definition) is 2. The zero-order chi connectivity index (χ0) is 26.5. The lowest BCUT2D eigenvalue weighted by molar-refractivity contribution is 0.0600. The van der Waals surface area contributed by atoms with Crippen molar-refractivity contribution >= 4 is 38.2 Å². The van der Waals surface area contributed by atoms with Crippen LogP contribution in [-0.2, 0) is 26.7 Å². The molecule has 0 spiro atoms. The van der Waals surface area contributed by atoms with E-state index in [0.717, 1.165) is 29.7 Å². The Kier molecular flexibility index (Phi) is 7.11. The van der Waals surface area contributed by atoms with Gasteiger partial charge in [-0.2, -0.15) is 4.31 Å². The summed E-state index contributed by atoms with van der Waals surface area (Å²) in [6.45, 7) is 10.7. The number of ether oxygens (including phenoxy) is 1. The first-order valence-corrected chi connectivity index (χ1v) is 14.5. The van der Waals surface area contributed by atoms with Crippen molar-refractivity contribution in [3.05, 3.63) is 45.8 Å². The molecule has 0 unspecified atom stereocenters. The first-order chi connectivity index (χ1) is 16.8. The highest BCUT2D eigenvalue weighted by Crippen LogP contribution is 2.45. The lowest BCUT2D eigenvalue weighted by Crippen LogP contribution is -2.55. The van der Waals surface area contributed by atoms with Crippen LogP contribution in [0.25, 0.3) is 0 Å². The Morgan fingerprint density at radius 3 is 2.42 bits per heavy atom. The molecule has 3 heterocycles. The summed E-state index contributed by atoms with van der Waals surface area (Å²) in [5.74, 6) is -0.910. The van der Waals surface area contributed by atoms with E-state index in [0.29, 0.717) is 29.1 Å². The van der Waals surface area contributed by atoms with Crippen LogP contribution in [0.15, 0.2) is 29.2 Å². The molecular formula is C26H35N3O5S2. The number of amides is 1. The SMILES string of the molecule is COC(=O)c1c(NC(=O)c2ccc(S(=O)(=O)N3CCCC[C@H]3C)cc2)sc2c1CC(C)(C)NC2(C)C. The van der Waals surface area contributed by atoms with Crippen LogP contribution < -0.4 is 10.6 Å². The number of nitrogens with zero attached hydrogens (tertiary/aromatic N) is 1. The number of rotatable bonds is 5. The molecule has 1 aromatic carbocycles. The molecule has 1 atom stereocenters. The van der Waals surface area contributed by atoms with Gasteiger partial charge in [-0.05, 0) is 83.7 Å². The summed E-state index contributed by atoms with van der Waals surface area (Å²) >= 11 is 1.36. The van der Waals surface area contributed by atoms with Gasteiger partial charge in [-0.3, -0.25) is 4.79 Å². The van der Waals surface area contributed by atoms with Gasteiger partial charge in [-0.25, -0.2) is 13.2 Å². The van der Waals surface area contributed by atoms with Crippen LogP contribution in [0.5, 0.6) is 0 Å². The summed E-state index contributed by atoms with van der Waals surface area (Å²) in [6.07, 6.45) is 3.33. The van der Waals surface area contributed by atoms with Crippen molar-refractivity contribution < 1.29 is 22.7 Å². The molecule has 8 nitrogen and oxygen atoms in total. The number of benzene rings is 1. The smallest absolute Gasteiger partial charge is 0.341 e. The third-order valence-corrected chi connectivity index (χ3v) is 10.4. The van der Waals surface area contributed by atoms with Crippen molar-refractivity contribution in [1.29, 1.82) is 0 Å². The molecule has 2 aliphatic heterocycles. The Morgan fingerprint density at radius 1 is 1.14 bits per heavy atom. The van der Waals surface area contributed by atoms with Gasteiger partial charge in [0.1, 0.15) is 5.00 Å². The number of carbonyl (C=O) groups is 2. The number of sulfonamides is 1. The maximum absolute atomic E-state index is 13.2. The van der Waals surface area contributed by atoms with Crippen LogP contribution >= 0.6 is 11.3 Å². The Balaban J connectivity index is 1.62. The van der Waals surface area contributed by atoms with E-state index in [1.54, 1.807) is 4.31 Å². The first kappa shape index (κ1) is 26.8. The number of carbonyl (C=O) groups excluding carboxylic acids is 2. The molecule has 2 aromatic rings. The van der Waals surface area contributed by atoms with Gasteiger partial charge in [-0.1, -0.05) is 6.42 Å². The number of nitrogens with one attached hydrogen (secondary N) is 2. The molecule has 1 fully saturated rings. The van der Waals surface area contributed by atoms with Gasteiger partial charge in [0, 0.05) is 34.1 Å². The predicted molar refractivity (Wildman–Crippen MR) is 141 cm³/mol. The molecule has 2 N–H and O–H groups in total. The number of methoxy groups -OCH3 is 1. The van der Waals surface area contributed by atoms with Crippen LogP contribution in [-0.4, -0.2) is 49.8 Å². The number of hydrogen-bond acceptors (Lipinski definition) is 7. The summed E-state index contributed by atoms with van der Waals surface area (Å²) in [5.41, 5.74) is 0.935. The number of thiophene rings is 1. The molecule has 36 heavy (non-hydrogen) atoms. The average molecular weight is 534 g/mol. The molecule has 10 heteroatoms. The van der Waals surface area contributed by atoms with E-state index in [9.17, 15) is 18.0 Å². The van der Waals surface area contributed by atoms with Gasteiger partial charge in [0.05, 0.1) is 17.6 Å². The van der Waals surface area contributed by atoms with Crippen LogP contribution in [0.4, 0.5) is 5.00 Å². The fraction of sp³-hybridized carbons (Fsp3) is 0.538. The molecule has 2 aliphatic rings. The van der Waals surface area contributed by atoms with E-state index in [4.69, 9.17) is 4.74 Å². The normalized spacial score (nSPS) is 21.4. The molecule has 0 saturated carbocycles. The fourth-order valence-electron chi connectivity index (χ4n) is 5.45. The fourth-order valence-corrected chi connectivity index (χ4v) is 8.41. The number of fused-ring (bicyclic) bond motifs is 1. The third kappa shape index (κ3) is 4.96. The largest absolute Gasteiger partial charge is 0.465 e. The molecule has 1 saturated heterocycles. The second kappa shape index (κ2) is 9.55. The van der Waals surface area contributed by atoms with Crippen molar-refractivity contribution in [3.63, 3.8) is 0 Å². The van der Waals surface area contributed by atoms with Crippen LogP contribution in [0, 0.1) is 0 Å². The van der Waals surface area contributed by atoms with E-state index < -0.39 is 27.4 Å². The lowest BCUT2D eigenvalue weighted by atomic mass is 9.81. The summed E-state index contributed by atoms with van der Waals surface area (Å²) in [6, 6.07) is 5.92. The molecular weight excluding hydrogens is 498 g/mol. The quantitative estimate of drug-likeness (QED) is 0.548. The molecule has 1 aromatic heterocycles. The van der Waals surface area contributed by atoms with Gasteiger partial charge in [0.2, 0.25) is 10.0 Å². The zero-order valence-electron chi connectivity index (χ0n) is 21.7. The highest BCUT2D eigenvalue weighted by atomic mass is 32.2. The van der Waals surface area contributed by atoms with Gasteiger partial charge in [0.25, 0.3) is 5.91 Å². The minimum atomic E-state index is -3.62. The first-order valence-electron chi connectivity index (χ1n) is 12.2. The third-order valence-electron chi connectivity index (χ3n) is 6.93. The van der Waals surface area contributed by atoms with Crippen molar-refractivity contribution in [2.45, 2.75) is 82.3 Å². The van der Waals surface area contributed by atoms with Crippen LogP contribution in [0.2, 0.25) is 0 Å². The highest BCUT2D eigenvalue weighted by molar-refractivity contribution is 7.89. The second-order valence-corrected chi connectivity index (χ2v) is 13.8. The minimum Gasteiger partial charge on any atom is -0.465 e. The van der Waals surface area contributed by atoms with Crippen molar-refractivity contribution in [2.75, 3.05) is 19.0 Å². The molecule has 1 amide bonds. The summed E-state index contributed by atoms with van der Waals surface area (Å²) in [5, 5.41) is 6.92.